The minimum Gasteiger partial charge on any atom is -0.492 e. The number of para-hydroxylation sites is 1. The monoisotopic (exact) mass is 367 g/mol. The molecule has 3 N–H and O–H groups in total. The predicted molar refractivity (Wildman–Crippen MR) is 90.1 cm³/mol. The molecule has 0 spiro atoms. The van der Waals surface area contributed by atoms with Crippen LogP contribution < -0.4 is 9.56 Å². The Bertz CT molecular complexity index is 757. The van der Waals surface area contributed by atoms with E-state index in [2.05, 4.69) is 4.72 Å². The van der Waals surface area contributed by atoms with Crippen molar-refractivity contribution >= 4 is 23.6 Å². The van der Waals surface area contributed by atoms with Crippen LogP contribution >= 0.6 is 11.9 Å². The zero-order valence-electron chi connectivity index (χ0n) is 13.4. The first-order valence-electron chi connectivity index (χ1n) is 7.29. The van der Waals surface area contributed by atoms with E-state index in [0.29, 0.717) is 9.63 Å². The summed E-state index contributed by atoms with van der Waals surface area (Å²) >= 11 is 0.934. The summed E-state index contributed by atoms with van der Waals surface area (Å²) in [7, 11) is 0. The molecule has 0 radical (unpaired) electrons. The minimum atomic E-state index is -0.842. The second-order valence-corrected chi connectivity index (χ2v) is 6.30. The number of nitrogens with one attached hydrogen (secondary N) is 1. The summed E-state index contributed by atoms with van der Waals surface area (Å²) in [4.78, 5) is 28.2. The van der Waals surface area contributed by atoms with Crippen LogP contribution in [-0.2, 0) is 4.79 Å². The number of aromatic nitrogens is 1. The molecule has 10 heteroatoms. The number of aromatic hydroxyl groups is 2. The summed E-state index contributed by atoms with van der Waals surface area (Å²) in [5, 5.41) is 30.1. The first-order valence-corrected chi connectivity index (χ1v) is 8.10. The third-order valence-corrected chi connectivity index (χ3v) is 4.19. The summed E-state index contributed by atoms with van der Waals surface area (Å²) in [5.41, 5.74) is -0.0865. The van der Waals surface area contributed by atoms with E-state index < -0.39 is 28.7 Å². The van der Waals surface area contributed by atoms with Gasteiger partial charge in [0.2, 0.25) is 11.8 Å². The van der Waals surface area contributed by atoms with E-state index in [0.717, 1.165) is 11.9 Å². The van der Waals surface area contributed by atoms with E-state index in [1.54, 1.807) is 32.0 Å². The first-order chi connectivity index (χ1) is 11.8. The Morgan fingerprint density at radius 1 is 1.24 bits per heavy atom. The van der Waals surface area contributed by atoms with Crippen LogP contribution in [0.1, 0.15) is 13.8 Å². The second kappa shape index (κ2) is 7.90. The Labute approximate surface area is 147 Å². The van der Waals surface area contributed by atoms with E-state index in [9.17, 15) is 25.1 Å². The SMILES string of the molecule is CC(C)[C@H](NSc1ccccc1[N+](=O)[O-])C(=O)On1c(O)ccc1O. The second-order valence-electron chi connectivity index (χ2n) is 5.42. The Kier molecular flexibility index (Phi) is 5.88. The highest BCUT2D eigenvalue weighted by Gasteiger charge is 2.27. The summed E-state index contributed by atoms with van der Waals surface area (Å²) in [6, 6.07) is 7.62. The van der Waals surface area contributed by atoms with Gasteiger partial charge in [0.25, 0.3) is 5.69 Å². The van der Waals surface area contributed by atoms with Gasteiger partial charge >= 0.3 is 5.97 Å². The zero-order valence-corrected chi connectivity index (χ0v) is 14.3. The zero-order chi connectivity index (χ0) is 18.6. The van der Waals surface area contributed by atoms with Crippen molar-refractivity contribution in [1.82, 2.24) is 9.45 Å². The van der Waals surface area contributed by atoms with Crippen molar-refractivity contribution in [2.24, 2.45) is 5.92 Å². The number of rotatable bonds is 7. The van der Waals surface area contributed by atoms with Crippen molar-refractivity contribution in [1.29, 1.82) is 0 Å². The molecule has 1 aromatic carbocycles. The Morgan fingerprint density at radius 2 is 1.84 bits per heavy atom. The van der Waals surface area contributed by atoms with Gasteiger partial charge in [-0.3, -0.25) is 10.1 Å². The van der Waals surface area contributed by atoms with Gasteiger partial charge in [0.1, 0.15) is 10.9 Å². The molecular weight excluding hydrogens is 350 g/mol. The molecule has 1 aromatic heterocycles. The topological polar surface area (TPSA) is 127 Å². The largest absolute Gasteiger partial charge is 0.492 e. The maximum absolute atomic E-state index is 12.3. The molecule has 1 atom stereocenters. The van der Waals surface area contributed by atoms with Crippen molar-refractivity contribution in [3.8, 4) is 11.8 Å². The number of hydrogen-bond acceptors (Lipinski definition) is 8. The number of carbonyl (C=O) groups is 1. The smallest absolute Gasteiger partial charge is 0.351 e. The van der Waals surface area contributed by atoms with Crippen LogP contribution in [0.4, 0.5) is 5.69 Å². The Morgan fingerprint density at radius 3 is 2.40 bits per heavy atom. The van der Waals surface area contributed by atoms with E-state index in [1.165, 1.54) is 18.2 Å². The van der Waals surface area contributed by atoms with Gasteiger partial charge in [-0.2, -0.15) is 0 Å². The molecule has 9 nitrogen and oxygen atoms in total. The molecule has 0 aliphatic carbocycles. The maximum Gasteiger partial charge on any atom is 0.351 e. The van der Waals surface area contributed by atoms with E-state index in [1.807, 2.05) is 0 Å². The molecule has 0 saturated heterocycles. The predicted octanol–water partition coefficient (Wildman–Crippen LogP) is 2.08. The van der Waals surface area contributed by atoms with Crippen LogP contribution in [0.2, 0.25) is 0 Å². The summed E-state index contributed by atoms with van der Waals surface area (Å²) in [6.45, 7) is 3.52. The molecule has 0 bridgehead atoms. The number of nitrogens with zero attached hydrogens (tertiary/aromatic N) is 2. The molecule has 0 aliphatic heterocycles. The van der Waals surface area contributed by atoms with Crippen LogP contribution in [-0.4, -0.2) is 31.9 Å². The lowest BCUT2D eigenvalue weighted by Crippen LogP contribution is -2.42. The van der Waals surface area contributed by atoms with Gasteiger partial charge in [0, 0.05) is 18.2 Å². The van der Waals surface area contributed by atoms with Crippen molar-refractivity contribution in [2.75, 3.05) is 0 Å². The maximum atomic E-state index is 12.3. The molecular formula is C15H17N3O6S. The average molecular weight is 367 g/mol. The lowest BCUT2D eigenvalue weighted by atomic mass is 10.1. The van der Waals surface area contributed by atoms with Crippen LogP contribution in [0.25, 0.3) is 0 Å². The molecule has 1 heterocycles. The highest BCUT2D eigenvalue weighted by Crippen LogP contribution is 2.27. The summed E-state index contributed by atoms with van der Waals surface area (Å²) < 4.78 is 3.44. The molecule has 25 heavy (non-hydrogen) atoms. The lowest BCUT2D eigenvalue weighted by molar-refractivity contribution is -0.387. The normalized spacial score (nSPS) is 12.1. The number of hydrogen-bond donors (Lipinski definition) is 3. The van der Waals surface area contributed by atoms with Gasteiger partial charge in [0.05, 0.1) is 4.92 Å². The van der Waals surface area contributed by atoms with Crippen LogP contribution in [0.15, 0.2) is 41.3 Å². The van der Waals surface area contributed by atoms with Crippen molar-refractivity contribution < 1.29 is 24.8 Å². The van der Waals surface area contributed by atoms with E-state index >= 15 is 0 Å². The quantitative estimate of drug-likeness (QED) is 0.386. The Balaban J connectivity index is 2.11. The minimum absolute atomic E-state index is 0.0865. The van der Waals surface area contributed by atoms with E-state index in [-0.39, 0.29) is 11.6 Å². The lowest BCUT2D eigenvalue weighted by Gasteiger charge is -2.20. The van der Waals surface area contributed by atoms with Gasteiger partial charge < -0.3 is 15.1 Å². The Hall–Kier alpha value is -2.72. The third-order valence-electron chi connectivity index (χ3n) is 3.26. The highest BCUT2D eigenvalue weighted by atomic mass is 32.2. The van der Waals surface area contributed by atoms with Crippen LogP contribution in [0.5, 0.6) is 11.8 Å². The molecule has 0 fully saturated rings. The van der Waals surface area contributed by atoms with Gasteiger partial charge in [-0.05, 0) is 23.9 Å². The van der Waals surface area contributed by atoms with Crippen LogP contribution in [0.3, 0.4) is 0 Å². The van der Waals surface area contributed by atoms with Gasteiger partial charge in [-0.25, -0.2) is 9.52 Å². The van der Waals surface area contributed by atoms with Crippen molar-refractivity contribution in [3.05, 3.63) is 46.5 Å². The van der Waals surface area contributed by atoms with Crippen molar-refractivity contribution in [3.63, 3.8) is 0 Å². The highest BCUT2D eigenvalue weighted by molar-refractivity contribution is 7.97. The van der Waals surface area contributed by atoms with E-state index in [4.69, 9.17) is 4.84 Å². The van der Waals surface area contributed by atoms with Gasteiger partial charge in [-0.1, -0.05) is 26.0 Å². The number of carbonyl (C=O) groups excluding carboxylic acids is 1. The van der Waals surface area contributed by atoms with Gasteiger partial charge in [-0.15, -0.1) is 4.73 Å². The summed E-state index contributed by atoms with van der Waals surface area (Å²) in [6.07, 6.45) is 0. The average Bonchev–Trinajstić information content (AvgIpc) is 2.87. The molecule has 2 rings (SSSR count). The molecule has 0 aliphatic rings. The summed E-state index contributed by atoms with van der Waals surface area (Å²) in [5.74, 6) is -1.84. The standard InChI is InChI=1S/C15H17N3O6S/c1-9(2)14(15(21)24-17-12(19)7-8-13(17)20)16-25-11-6-4-3-5-10(11)18(22)23/h3-9,14,16,19-20H,1-2H3/t14-/m0/s1. The molecule has 134 valence electrons. The first kappa shape index (κ1) is 18.6. The fraction of sp³-hybridized carbons (Fsp3) is 0.267. The third kappa shape index (κ3) is 4.43. The fourth-order valence-electron chi connectivity index (χ4n) is 1.92. The number of benzene rings is 1. The van der Waals surface area contributed by atoms with Crippen molar-refractivity contribution in [2.45, 2.75) is 24.8 Å². The molecule has 2 aromatic rings. The van der Waals surface area contributed by atoms with Gasteiger partial charge in [0.15, 0.2) is 0 Å². The fourth-order valence-corrected chi connectivity index (χ4v) is 2.94. The van der Waals surface area contributed by atoms with Crippen LogP contribution in [0, 0.1) is 16.0 Å². The molecule has 0 amide bonds. The molecule has 0 saturated carbocycles. The number of nitro benzene ring substituents is 1. The number of nitro groups is 1. The molecule has 0 unspecified atom stereocenters.